The second kappa shape index (κ2) is 9.20. The Morgan fingerprint density at radius 2 is 1.56 bits per heavy atom. The van der Waals surface area contributed by atoms with E-state index in [9.17, 15) is 18.0 Å². The molecule has 1 heterocycles. The van der Waals surface area contributed by atoms with Crippen LogP contribution in [-0.4, -0.2) is 35.7 Å². The van der Waals surface area contributed by atoms with Crippen molar-refractivity contribution in [1.82, 2.24) is 0 Å². The van der Waals surface area contributed by atoms with Crippen LogP contribution in [0.3, 0.4) is 0 Å². The first-order valence-electron chi connectivity index (χ1n) is 9.78. The molecule has 0 bridgehead atoms. The van der Waals surface area contributed by atoms with Gasteiger partial charge in [-0.15, -0.1) is 0 Å². The lowest BCUT2D eigenvalue weighted by atomic mass is 10.2. The number of amides is 1. The van der Waals surface area contributed by atoms with Crippen LogP contribution in [0.2, 0.25) is 0 Å². The molecule has 9 nitrogen and oxygen atoms in total. The Hall–Kier alpha value is -3.83. The minimum Gasteiger partial charge on any atom is -0.497 e. The van der Waals surface area contributed by atoms with Crippen LogP contribution < -0.4 is 23.5 Å². The average Bonchev–Trinajstić information content (AvgIpc) is 3.22. The van der Waals surface area contributed by atoms with Crippen LogP contribution in [0.5, 0.6) is 17.2 Å². The number of nitrogens with zero attached hydrogens (tertiary/aromatic N) is 1. The maximum absolute atomic E-state index is 13.9. The fraction of sp³-hybridized carbons (Fsp3) is 0.130. The normalized spacial score (nSPS) is 11.3. The predicted octanol–water partition coefficient (Wildman–Crippen LogP) is 3.92. The number of ether oxygens (including phenoxy) is 3. The van der Waals surface area contributed by atoms with E-state index < -0.39 is 20.9 Å². The molecule has 0 aliphatic carbocycles. The molecule has 0 radical (unpaired) electrons. The first-order valence-corrected chi connectivity index (χ1v) is 12.0. The van der Waals surface area contributed by atoms with E-state index in [-0.39, 0.29) is 33.2 Å². The summed E-state index contributed by atoms with van der Waals surface area (Å²) in [5.74, 6) is -0.0187. The molecule has 3 aromatic carbocycles. The number of sulfonamides is 1. The van der Waals surface area contributed by atoms with E-state index in [1.165, 1.54) is 63.8 Å². The number of rotatable bonds is 7. The van der Waals surface area contributed by atoms with Gasteiger partial charge in [-0.3, -0.25) is 4.79 Å². The van der Waals surface area contributed by atoms with Gasteiger partial charge in [-0.1, -0.05) is 11.3 Å². The molecular formula is C23H19NO8S2. The summed E-state index contributed by atoms with van der Waals surface area (Å²) in [5.41, 5.74) is 0.411. The van der Waals surface area contributed by atoms with Crippen LogP contribution in [0.1, 0.15) is 10.4 Å². The lowest BCUT2D eigenvalue weighted by Crippen LogP contribution is -2.37. The van der Waals surface area contributed by atoms with E-state index in [2.05, 4.69) is 0 Å². The monoisotopic (exact) mass is 501 g/mol. The van der Waals surface area contributed by atoms with Crippen molar-refractivity contribution in [1.29, 1.82) is 0 Å². The molecule has 34 heavy (non-hydrogen) atoms. The molecule has 0 saturated carbocycles. The second-order valence-corrected chi connectivity index (χ2v) is 9.64. The maximum Gasteiger partial charge on any atom is 0.396 e. The third-order valence-electron chi connectivity index (χ3n) is 4.96. The van der Waals surface area contributed by atoms with Crippen molar-refractivity contribution in [2.24, 2.45) is 0 Å². The molecule has 0 aliphatic rings. The Morgan fingerprint density at radius 3 is 2.21 bits per heavy atom. The first kappa shape index (κ1) is 23.3. The van der Waals surface area contributed by atoms with Crippen molar-refractivity contribution < 1.29 is 31.8 Å². The van der Waals surface area contributed by atoms with E-state index in [1.807, 2.05) is 0 Å². The van der Waals surface area contributed by atoms with Crippen molar-refractivity contribution in [3.63, 3.8) is 0 Å². The van der Waals surface area contributed by atoms with Crippen LogP contribution in [0.15, 0.2) is 74.8 Å². The largest absolute Gasteiger partial charge is 0.497 e. The van der Waals surface area contributed by atoms with Crippen molar-refractivity contribution in [2.75, 3.05) is 25.6 Å². The average molecular weight is 502 g/mol. The third kappa shape index (κ3) is 4.22. The number of carbonyl (C=O) groups excluding carboxylic acids is 1. The molecule has 0 unspecified atom stereocenters. The lowest BCUT2D eigenvalue weighted by molar-refractivity contribution is 0.101. The molecule has 4 aromatic rings. The quantitative estimate of drug-likeness (QED) is 0.375. The SMILES string of the molecule is COc1ccc(C(=O)N(c2ccc3oc(=O)sc3c2)S(=O)(=O)c2cc(OC)ccc2OC)cc1. The van der Waals surface area contributed by atoms with Gasteiger partial charge in [0.25, 0.3) is 15.9 Å². The Morgan fingerprint density at radius 1 is 0.882 bits per heavy atom. The zero-order valence-corrected chi connectivity index (χ0v) is 19.9. The van der Waals surface area contributed by atoms with Crippen molar-refractivity contribution in [3.05, 3.63) is 76.0 Å². The lowest BCUT2D eigenvalue weighted by Gasteiger charge is -2.24. The van der Waals surface area contributed by atoms with Crippen LogP contribution in [0.4, 0.5) is 5.69 Å². The summed E-state index contributed by atoms with van der Waals surface area (Å²) in [7, 11) is -0.310. The summed E-state index contributed by atoms with van der Waals surface area (Å²) in [6.07, 6.45) is 0. The van der Waals surface area contributed by atoms with Crippen LogP contribution in [0, 0.1) is 0 Å². The van der Waals surface area contributed by atoms with Gasteiger partial charge in [0, 0.05) is 11.6 Å². The number of carbonyl (C=O) groups is 1. The molecule has 176 valence electrons. The van der Waals surface area contributed by atoms with Crippen LogP contribution in [0.25, 0.3) is 10.3 Å². The number of hydrogen-bond donors (Lipinski definition) is 0. The molecule has 1 amide bonds. The van der Waals surface area contributed by atoms with Crippen LogP contribution in [-0.2, 0) is 10.0 Å². The molecule has 11 heteroatoms. The van der Waals surface area contributed by atoms with E-state index in [0.717, 1.165) is 11.3 Å². The minimum absolute atomic E-state index is 0.0234. The molecule has 0 spiro atoms. The fourth-order valence-electron chi connectivity index (χ4n) is 3.29. The van der Waals surface area contributed by atoms with Gasteiger partial charge in [0.1, 0.15) is 27.7 Å². The Kier molecular flexibility index (Phi) is 6.31. The predicted molar refractivity (Wildman–Crippen MR) is 127 cm³/mol. The number of anilines is 1. The van der Waals surface area contributed by atoms with E-state index in [0.29, 0.717) is 14.8 Å². The van der Waals surface area contributed by atoms with Gasteiger partial charge in [0.2, 0.25) is 0 Å². The molecule has 0 fully saturated rings. The summed E-state index contributed by atoms with van der Waals surface area (Å²) in [6.45, 7) is 0. The highest BCUT2D eigenvalue weighted by atomic mass is 32.2. The van der Waals surface area contributed by atoms with Gasteiger partial charge in [0.15, 0.2) is 0 Å². The minimum atomic E-state index is -4.51. The van der Waals surface area contributed by atoms with Gasteiger partial charge in [-0.2, -0.15) is 4.31 Å². The Balaban J connectivity index is 1.94. The van der Waals surface area contributed by atoms with Crippen molar-refractivity contribution in [2.45, 2.75) is 4.90 Å². The number of methoxy groups -OCH3 is 3. The molecule has 4 rings (SSSR count). The second-order valence-electron chi connectivity index (χ2n) is 6.91. The summed E-state index contributed by atoms with van der Waals surface area (Å²) >= 11 is 0.800. The molecular weight excluding hydrogens is 482 g/mol. The zero-order valence-electron chi connectivity index (χ0n) is 18.3. The number of benzene rings is 3. The Labute approximate surface area is 198 Å². The summed E-state index contributed by atoms with van der Waals surface area (Å²) in [5, 5.41) is 0. The molecule has 0 saturated heterocycles. The van der Waals surface area contributed by atoms with Crippen molar-refractivity contribution >= 4 is 43.2 Å². The smallest absolute Gasteiger partial charge is 0.396 e. The maximum atomic E-state index is 13.9. The standard InChI is InChI=1S/C23H19NO8S2/c1-29-16-7-4-14(5-8-16)22(25)24(15-6-10-18-20(12-15)33-23(26)32-18)34(27,28)21-13-17(30-2)9-11-19(21)31-3/h4-13H,1-3H3. The highest BCUT2D eigenvalue weighted by molar-refractivity contribution is 7.93. The third-order valence-corrected chi connectivity index (χ3v) is 7.48. The highest BCUT2D eigenvalue weighted by Gasteiger charge is 2.35. The molecule has 0 atom stereocenters. The van der Waals surface area contributed by atoms with E-state index >= 15 is 0 Å². The number of hydrogen-bond acceptors (Lipinski definition) is 9. The first-order chi connectivity index (χ1) is 16.3. The summed E-state index contributed by atoms with van der Waals surface area (Å²) in [6, 6.07) is 14.5. The molecule has 1 aromatic heterocycles. The van der Waals surface area contributed by atoms with Gasteiger partial charge in [-0.05, 0) is 54.6 Å². The summed E-state index contributed by atoms with van der Waals surface area (Å²) < 4.78 is 49.5. The zero-order chi connectivity index (χ0) is 24.5. The molecule has 0 N–H and O–H groups in total. The van der Waals surface area contributed by atoms with E-state index in [1.54, 1.807) is 18.2 Å². The van der Waals surface area contributed by atoms with Crippen LogP contribution >= 0.6 is 11.3 Å². The van der Waals surface area contributed by atoms with Crippen molar-refractivity contribution in [3.8, 4) is 17.2 Å². The topological polar surface area (TPSA) is 112 Å². The molecule has 0 aliphatic heterocycles. The Bertz CT molecular complexity index is 1520. The van der Waals surface area contributed by atoms with Gasteiger partial charge in [0.05, 0.1) is 31.7 Å². The summed E-state index contributed by atoms with van der Waals surface area (Å²) in [4.78, 5) is 24.5. The van der Waals surface area contributed by atoms with Gasteiger partial charge >= 0.3 is 4.94 Å². The fourth-order valence-corrected chi connectivity index (χ4v) is 5.57. The number of fused-ring (bicyclic) bond motifs is 1. The van der Waals surface area contributed by atoms with E-state index in [4.69, 9.17) is 18.6 Å². The highest BCUT2D eigenvalue weighted by Crippen LogP contribution is 2.35. The van der Waals surface area contributed by atoms with Gasteiger partial charge < -0.3 is 18.6 Å². The van der Waals surface area contributed by atoms with Gasteiger partial charge in [-0.25, -0.2) is 13.2 Å².